The number of allylic oxidation sites excluding steroid dienone is 1. The van der Waals surface area contributed by atoms with Gasteiger partial charge in [-0.3, -0.25) is 0 Å². The van der Waals surface area contributed by atoms with Crippen molar-refractivity contribution in [2.24, 2.45) is 0 Å². The molecular formula is C19H19NO. The van der Waals surface area contributed by atoms with Crippen molar-refractivity contribution in [2.45, 2.75) is 32.9 Å². The molecule has 2 aromatic carbocycles. The van der Waals surface area contributed by atoms with Crippen LogP contribution in [0.4, 0.5) is 5.69 Å². The van der Waals surface area contributed by atoms with Crippen LogP contribution >= 0.6 is 0 Å². The molecule has 0 radical (unpaired) electrons. The molecule has 1 spiro atoms. The van der Waals surface area contributed by atoms with Crippen LogP contribution in [0.3, 0.4) is 0 Å². The number of ether oxygens (including phenoxy) is 1. The van der Waals surface area contributed by atoms with Crippen molar-refractivity contribution >= 4 is 11.3 Å². The van der Waals surface area contributed by atoms with E-state index in [-0.39, 0.29) is 0 Å². The highest BCUT2D eigenvalue weighted by Crippen LogP contribution is 2.46. The van der Waals surface area contributed by atoms with Crippen LogP contribution in [0, 0.1) is 6.92 Å². The minimum atomic E-state index is -0.422. The molecule has 2 heteroatoms. The molecule has 0 amide bonds. The van der Waals surface area contributed by atoms with E-state index in [9.17, 15) is 0 Å². The molecule has 21 heavy (non-hydrogen) atoms. The summed E-state index contributed by atoms with van der Waals surface area (Å²) >= 11 is 0. The van der Waals surface area contributed by atoms with E-state index in [2.05, 4.69) is 68.6 Å². The number of anilines is 1. The molecule has 0 fully saturated rings. The number of fused-ring (bicyclic) bond motifs is 2. The number of rotatable bonds is 0. The maximum Gasteiger partial charge on any atom is 0.207 e. The summed E-state index contributed by atoms with van der Waals surface area (Å²) < 4.78 is 6.46. The zero-order valence-electron chi connectivity index (χ0n) is 12.7. The molecule has 0 saturated heterocycles. The van der Waals surface area contributed by atoms with Crippen molar-refractivity contribution < 1.29 is 4.74 Å². The largest absolute Gasteiger partial charge is 0.463 e. The quantitative estimate of drug-likeness (QED) is 0.763. The van der Waals surface area contributed by atoms with Crippen LogP contribution in [0.1, 0.15) is 30.5 Å². The fourth-order valence-electron chi connectivity index (χ4n) is 3.58. The molecule has 1 unspecified atom stereocenters. The minimum Gasteiger partial charge on any atom is -0.463 e. The van der Waals surface area contributed by atoms with Crippen LogP contribution in [-0.2, 0) is 6.42 Å². The molecule has 2 nitrogen and oxygen atoms in total. The summed E-state index contributed by atoms with van der Waals surface area (Å²) in [5, 5.41) is 3.61. The zero-order valence-corrected chi connectivity index (χ0v) is 12.7. The number of para-hydroxylation sites is 1. The van der Waals surface area contributed by atoms with E-state index >= 15 is 0 Å². The molecule has 2 heterocycles. The predicted octanol–water partition coefficient (Wildman–Crippen LogP) is 4.55. The van der Waals surface area contributed by atoms with Gasteiger partial charge in [-0.1, -0.05) is 30.3 Å². The lowest BCUT2D eigenvalue weighted by Crippen LogP contribution is -2.46. The van der Waals surface area contributed by atoms with E-state index in [1.807, 2.05) is 0 Å². The highest BCUT2D eigenvalue weighted by molar-refractivity contribution is 5.79. The Hall–Kier alpha value is -2.22. The van der Waals surface area contributed by atoms with Crippen LogP contribution in [0.5, 0.6) is 5.75 Å². The highest BCUT2D eigenvalue weighted by Gasteiger charge is 2.44. The Kier molecular flexibility index (Phi) is 2.47. The Labute approximate surface area is 125 Å². The number of hydrogen-bond acceptors (Lipinski definition) is 2. The second-order valence-corrected chi connectivity index (χ2v) is 6.09. The van der Waals surface area contributed by atoms with E-state index < -0.39 is 5.72 Å². The summed E-state index contributed by atoms with van der Waals surface area (Å²) in [6, 6.07) is 14.7. The van der Waals surface area contributed by atoms with Crippen LogP contribution < -0.4 is 10.1 Å². The summed E-state index contributed by atoms with van der Waals surface area (Å²) in [5.41, 5.74) is 7.21. The number of hydrogen-bond donors (Lipinski definition) is 1. The number of aryl methyl sites for hydroxylation is 1. The van der Waals surface area contributed by atoms with Gasteiger partial charge in [0.15, 0.2) is 0 Å². The van der Waals surface area contributed by atoms with Crippen molar-refractivity contribution in [3.05, 3.63) is 64.7 Å². The van der Waals surface area contributed by atoms with Crippen molar-refractivity contribution in [3.63, 3.8) is 0 Å². The standard InChI is InChI=1S/C19H19NO/c1-12-7-6-10-17-18(12)13(2)14(3)19(21-17)11-15-8-4-5-9-16(15)20-19/h4-10,20H,11H2,1-3H3. The van der Waals surface area contributed by atoms with E-state index in [0.717, 1.165) is 12.2 Å². The third-order valence-corrected chi connectivity index (χ3v) is 4.86. The van der Waals surface area contributed by atoms with Gasteiger partial charge >= 0.3 is 0 Å². The fraction of sp³-hybridized carbons (Fsp3) is 0.263. The Balaban J connectivity index is 1.87. The summed E-state index contributed by atoms with van der Waals surface area (Å²) in [5.74, 6) is 0.985. The summed E-state index contributed by atoms with van der Waals surface area (Å²) in [4.78, 5) is 0. The van der Waals surface area contributed by atoms with Gasteiger partial charge in [-0.05, 0) is 55.2 Å². The van der Waals surface area contributed by atoms with E-state index in [1.165, 1.54) is 33.5 Å². The minimum absolute atomic E-state index is 0.422. The van der Waals surface area contributed by atoms with Gasteiger partial charge in [0.2, 0.25) is 5.72 Å². The molecule has 2 aliphatic heterocycles. The van der Waals surface area contributed by atoms with E-state index in [4.69, 9.17) is 4.74 Å². The van der Waals surface area contributed by atoms with Gasteiger partial charge in [0.1, 0.15) is 5.75 Å². The molecule has 0 bridgehead atoms. The monoisotopic (exact) mass is 277 g/mol. The SMILES string of the molecule is CC1=C(C)C2(Cc3ccccc3N2)Oc2cccc(C)c21. The topological polar surface area (TPSA) is 21.3 Å². The number of nitrogens with one attached hydrogen (secondary N) is 1. The lowest BCUT2D eigenvalue weighted by molar-refractivity contribution is 0.141. The van der Waals surface area contributed by atoms with Crippen LogP contribution in [0.15, 0.2) is 48.0 Å². The first kappa shape index (κ1) is 12.5. The van der Waals surface area contributed by atoms with E-state index in [0.29, 0.717) is 0 Å². The summed E-state index contributed by atoms with van der Waals surface area (Å²) in [6.07, 6.45) is 0.875. The Morgan fingerprint density at radius 3 is 2.62 bits per heavy atom. The second-order valence-electron chi connectivity index (χ2n) is 6.09. The smallest absolute Gasteiger partial charge is 0.207 e. The molecule has 0 saturated carbocycles. The lowest BCUT2D eigenvalue weighted by Gasteiger charge is -2.38. The lowest BCUT2D eigenvalue weighted by atomic mass is 9.87. The maximum atomic E-state index is 6.46. The Morgan fingerprint density at radius 2 is 1.81 bits per heavy atom. The maximum absolute atomic E-state index is 6.46. The summed E-state index contributed by atoms with van der Waals surface area (Å²) in [7, 11) is 0. The Bertz CT molecular complexity index is 748. The molecule has 2 aromatic rings. The van der Waals surface area contributed by atoms with Gasteiger partial charge in [0.25, 0.3) is 0 Å². The highest BCUT2D eigenvalue weighted by atomic mass is 16.5. The van der Waals surface area contributed by atoms with Crippen molar-refractivity contribution in [2.75, 3.05) is 5.32 Å². The van der Waals surface area contributed by atoms with Gasteiger partial charge in [-0.25, -0.2) is 0 Å². The fourth-order valence-corrected chi connectivity index (χ4v) is 3.58. The first-order chi connectivity index (χ1) is 10.1. The second kappa shape index (κ2) is 4.14. The van der Waals surface area contributed by atoms with Gasteiger partial charge in [0, 0.05) is 17.7 Å². The van der Waals surface area contributed by atoms with Gasteiger partial charge < -0.3 is 10.1 Å². The van der Waals surface area contributed by atoms with Crippen molar-refractivity contribution in [3.8, 4) is 5.75 Å². The normalized spacial score (nSPS) is 22.6. The van der Waals surface area contributed by atoms with Crippen LogP contribution in [0.2, 0.25) is 0 Å². The predicted molar refractivity (Wildman–Crippen MR) is 86.6 cm³/mol. The molecule has 106 valence electrons. The van der Waals surface area contributed by atoms with Gasteiger partial charge in [0.05, 0.1) is 0 Å². The number of benzene rings is 2. The van der Waals surface area contributed by atoms with Gasteiger partial charge in [-0.15, -0.1) is 0 Å². The first-order valence-electron chi connectivity index (χ1n) is 7.44. The summed E-state index contributed by atoms with van der Waals surface area (Å²) in [6.45, 7) is 6.54. The zero-order chi connectivity index (χ0) is 14.6. The molecular weight excluding hydrogens is 258 g/mol. The molecule has 0 aliphatic carbocycles. The van der Waals surface area contributed by atoms with Crippen LogP contribution in [0.25, 0.3) is 5.57 Å². The molecule has 2 aliphatic rings. The third-order valence-electron chi connectivity index (χ3n) is 4.86. The molecule has 0 aromatic heterocycles. The average Bonchev–Trinajstić information content (AvgIpc) is 2.83. The van der Waals surface area contributed by atoms with Crippen molar-refractivity contribution in [1.82, 2.24) is 0 Å². The van der Waals surface area contributed by atoms with E-state index in [1.54, 1.807) is 0 Å². The third kappa shape index (κ3) is 1.65. The van der Waals surface area contributed by atoms with Crippen molar-refractivity contribution in [1.29, 1.82) is 0 Å². The molecule has 1 atom stereocenters. The molecule has 1 N–H and O–H groups in total. The first-order valence-corrected chi connectivity index (χ1v) is 7.44. The van der Waals surface area contributed by atoms with Gasteiger partial charge in [-0.2, -0.15) is 0 Å². The Morgan fingerprint density at radius 1 is 1.00 bits per heavy atom. The average molecular weight is 277 g/mol. The van der Waals surface area contributed by atoms with Crippen LogP contribution in [-0.4, -0.2) is 5.72 Å². The molecule has 4 rings (SSSR count).